The molecule has 0 aliphatic heterocycles. The number of aromatic nitrogens is 2. The van der Waals surface area contributed by atoms with E-state index in [0.29, 0.717) is 0 Å². The van der Waals surface area contributed by atoms with E-state index in [2.05, 4.69) is 10.4 Å². The molecule has 0 radical (unpaired) electrons. The van der Waals surface area contributed by atoms with Gasteiger partial charge in [-0.3, -0.25) is 19.5 Å². The molecule has 0 atom stereocenters. The van der Waals surface area contributed by atoms with E-state index in [1.165, 1.54) is 12.1 Å². The number of nitrogens with zero attached hydrogens (tertiary/aromatic N) is 1. The number of aromatic amines is 1. The summed E-state index contributed by atoms with van der Waals surface area (Å²) < 4.78 is 27.6. The van der Waals surface area contributed by atoms with Crippen molar-refractivity contribution >= 4 is 22.4 Å². The van der Waals surface area contributed by atoms with Gasteiger partial charge >= 0.3 is 0 Å². The van der Waals surface area contributed by atoms with Crippen LogP contribution in [0, 0.1) is 11.6 Å². The Balaban J connectivity index is 1.78. The fourth-order valence-electron chi connectivity index (χ4n) is 2.42. The maximum Gasteiger partial charge on any atom is 0.273 e. The van der Waals surface area contributed by atoms with Gasteiger partial charge in [0.2, 0.25) is 5.91 Å². The summed E-state index contributed by atoms with van der Waals surface area (Å²) in [6.07, 6.45) is -0.204. The van der Waals surface area contributed by atoms with Crippen molar-refractivity contribution < 1.29 is 13.6 Å². The van der Waals surface area contributed by atoms with Gasteiger partial charge in [0.1, 0.15) is 11.6 Å². The molecule has 0 saturated heterocycles. The number of fused-ring (bicyclic) bond motifs is 1. The minimum Gasteiger partial charge on any atom is -0.323 e. The van der Waals surface area contributed by atoms with Gasteiger partial charge in [-0.25, -0.2) is 13.5 Å². The monoisotopic (exact) mass is 345 g/mol. The molecule has 0 fully saturated rings. The number of H-pyrrole nitrogens is 1. The lowest BCUT2D eigenvalue weighted by molar-refractivity contribution is -0.116. The lowest BCUT2D eigenvalue weighted by Gasteiger charge is -2.09. The number of carbonyl (C=O) groups excluding carboxylic acids is 1. The number of carbonyl (C=O) groups is 1. The Morgan fingerprint density at radius 1 is 1.08 bits per heavy atom. The van der Waals surface area contributed by atoms with E-state index in [9.17, 15) is 23.2 Å². The molecule has 0 spiro atoms. The van der Waals surface area contributed by atoms with E-state index in [-0.39, 0.29) is 29.4 Å². The summed E-state index contributed by atoms with van der Waals surface area (Å²) in [4.78, 5) is 36.2. The molecule has 1 amide bonds. The van der Waals surface area contributed by atoms with E-state index < -0.39 is 28.7 Å². The van der Waals surface area contributed by atoms with Gasteiger partial charge in [-0.15, -0.1) is 0 Å². The third-order valence-corrected chi connectivity index (χ3v) is 3.65. The summed E-state index contributed by atoms with van der Waals surface area (Å²) in [5.41, 5.74) is -1.18. The minimum absolute atomic E-state index is 0.109. The van der Waals surface area contributed by atoms with Gasteiger partial charge < -0.3 is 5.32 Å². The summed E-state index contributed by atoms with van der Waals surface area (Å²) in [5, 5.41) is 5.12. The third-order valence-electron chi connectivity index (χ3n) is 3.65. The predicted octanol–water partition coefficient (Wildman–Crippen LogP) is 2.00. The molecule has 128 valence electrons. The fraction of sp³-hybridized carbons (Fsp3) is 0.118. The van der Waals surface area contributed by atoms with Crippen LogP contribution in [0.1, 0.15) is 6.42 Å². The van der Waals surface area contributed by atoms with Crippen LogP contribution in [0.3, 0.4) is 0 Å². The Morgan fingerprint density at radius 3 is 2.56 bits per heavy atom. The largest absolute Gasteiger partial charge is 0.323 e. The molecule has 6 nitrogen and oxygen atoms in total. The van der Waals surface area contributed by atoms with Crippen molar-refractivity contribution in [1.82, 2.24) is 9.78 Å². The van der Waals surface area contributed by atoms with Crippen molar-refractivity contribution in [3.8, 4) is 0 Å². The maximum atomic E-state index is 13.5. The molecule has 0 bridgehead atoms. The number of halogens is 2. The van der Waals surface area contributed by atoms with Crippen molar-refractivity contribution in [3.63, 3.8) is 0 Å². The number of hydrogen-bond donors (Lipinski definition) is 2. The first-order valence-electron chi connectivity index (χ1n) is 7.42. The van der Waals surface area contributed by atoms with E-state index >= 15 is 0 Å². The molecule has 2 N–H and O–H groups in total. The number of hydrogen-bond acceptors (Lipinski definition) is 3. The normalized spacial score (nSPS) is 10.8. The van der Waals surface area contributed by atoms with Crippen LogP contribution in [-0.2, 0) is 11.3 Å². The van der Waals surface area contributed by atoms with Gasteiger partial charge in [0, 0.05) is 12.5 Å². The Labute approximate surface area is 139 Å². The second-order valence-electron chi connectivity index (χ2n) is 5.37. The fourth-order valence-corrected chi connectivity index (χ4v) is 2.42. The quantitative estimate of drug-likeness (QED) is 0.758. The van der Waals surface area contributed by atoms with Crippen LogP contribution in [0.2, 0.25) is 0 Å². The van der Waals surface area contributed by atoms with Crippen LogP contribution in [-0.4, -0.2) is 15.7 Å². The van der Waals surface area contributed by atoms with Crippen molar-refractivity contribution in [2.75, 3.05) is 5.32 Å². The number of amides is 1. The van der Waals surface area contributed by atoms with Gasteiger partial charge in [-0.2, -0.15) is 0 Å². The van der Waals surface area contributed by atoms with Crippen molar-refractivity contribution in [3.05, 3.63) is 74.8 Å². The summed E-state index contributed by atoms with van der Waals surface area (Å²) in [5.74, 6) is -2.08. The van der Waals surface area contributed by atoms with Crippen LogP contribution < -0.4 is 16.4 Å². The molecule has 2 aromatic carbocycles. The standard InChI is InChI=1S/C17H13F2N3O3/c18-10-5-6-13(19)14(9-10)20-15(23)7-8-22-17(25)12-4-2-1-3-11(12)16(24)21-22/h1-6,9H,7-8H2,(H,20,23)(H,21,24). The van der Waals surface area contributed by atoms with E-state index in [0.717, 1.165) is 22.9 Å². The first-order valence-corrected chi connectivity index (χ1v) is 7.42. The van der Waals surface area contributed by atoms with Crippen LogP contribution in [0.5, 0.6) is 0 Å². The highest BCUT2D eigenvalue weighted by Gasteiger charge is 2.11. The van der Waals surface area contributed by atoms with E-state index in [1.807, 2.05) is 0 Å². The minimum atomic E-state index is -0.772. The van der Waals surface area contributed by atoms with Crippen molar-refractivity contribution in [2.45, 2.75) is 13.0 Å². The van der Waals surface area contributed by atoms with Gasteiger partial charge in [-0.1, -0.05) is 12.1 Å². The summed E-state index contributed by atoms with van der Waals surface area (Å²) >= 11 is 0. The second kappa shape index (κ2) is 6.68. The Morgan fingerprint density at radius 2 is 1.80 bits per heavy atom. The van der Waals surface area contributed by atoms with Gasteiger partial charge in [0.15, 0.2) is 0 Å². The highest BCUT2D eigenvalue weighted by Crippen LogP contribution is 2.15. The average Bonchev–Trinajstić information content (AvgIpc) is 2.60. The molecular weight excluding hydrogens is 332 g/mol. The molecular formula is C17H13F2N3O3. The van der Waals surface area contributed by atoms with Crippen molar-refractivity contribution in [1.29, 1.82) is 0 Å². The zero-order valence-electron chi connectivity index (χ0n) is 12.9. The number of anilines is 1. The number of benzene rings is 2. The van der Waals surface area contributed by atoms with Gasteiger partial charge in [0.05, 0.1) is 23.0 Å². The zero-order chi connectivity index (χ0) is 18.0. The maximum absolute atomic E-state index is 13.5. The molecule has 0 unspecified atom stereocenters. The van der Waals surface area contributed by atoms with Gasteiger partial charge in [-0.05, 0) is 24.3 Å². The Bertz CT molecular complexity index is 1070. The molecule has 0 saturated carbocycles. The third kappa shape index (κ3) is 3.47. The van der Waals surface area contributed by atoms with E-state index in [1.54, 1.807) is 12.1 Å². The highest BCUT2D eigenvalue weighted by atomic mass is 19.1. The Hall–Kier alpha value is -3.29. The topological polar surface area (TPSA) is 84.0 Å². The first kappa shape index (κ1) is 16.6. The van der Waals surface area contributed by atoms with Crippen LogP contribution >= 0.6 is 0 Å². The smallest absolute Gasteiger partial charge is 0.273 e. The number of aryl methyl sites for hydroxylation is 1. The molecule has 3 aromatic rings. The lowest BCUT2D eigenvalue weighted by atomic mass is 10.2. The molecule has 8 heteroatoms. The second-order valence-corrected chi connectivity index (χ2v) is 5.37. The van der Waals surface area contributed by atoms with Gasteiger partial charge in [0.25, 0.3) is 11.1 Å². The molecule has 1 aromatic heterocycles. The predicted molar refractivity (Wildman–Crippen MR) is 88.4 cm³/mol. The lowest BCUT2D eigenvalue weighted by Crippen LogP contribution is -2.31. The SMILES string of the molecule is O=C(CCn1[nH]c(=O)c2ccccc2c1=O)Nc1cc(F)ccc1F. The van der Waals surface area contributed by atoms with Crippen LogP contribution in [0.15, 0.2) is 52.1 Å². The molecule has 3 rings (SSSR count). The zero-order valence-corrected chi connectivity index (χ0v) is 12.9. The number of rotatable bonds is 4. The summed E-state index contributed by atoms with van der Waals surface area (Å²) in [6, 6.07) is 9.01. The molecule has 0 aliphatic carbocycles. The molecule has 25 heavy (non-hydrogen) atoms. The van der Waals surface area contributed by atoms with Crippen LogP contribution in [0.4, 0.5) is 14.5 Å². The highest BCUT2D eigenvalue weighted by molar-refractivity contribution is 5.90. The molecule has 0 aliphatic rings. The summed E-state index contributed by atoms with van der Waals surface area (Å²) in [6.45, 7) is -0.109. The van der Waals surface area contributed by atoms with Crippen LogP contribution in [0.25, 0.3) is 10.8 Å². The first-order chi connectivity index (χ1) is 12.0. The summed E-state index contributed by atoms with van der Waals surface area (Å²) in [7, 11) is 0. The Kier molecular flexibility index (Phi) is 4.42. The van der Waals surface area contributed by atoms with Crippen molar-refractivity contribution in [2.24, 2.45) is 0 Å². The van der Waals surface area contributed by atoms with E-state index in [4.69, 9.17) is 0 Å². The molecule has 1 heterocycles. The number of nitrogens with one attached hydrogen (secondary N) is 2. The average molecular weight is 345 g/mol.